The molecule has 1 aromatic carbocycles. The van der Waals surface area contributed by atoms with Crippen LogP contribution in [0.1, 0.15) is 48.1 Å². The van der Waals surface area contributed by atoms with Gasteiger partial charge in [-0.05, 0) is 86.7 Å². The van der Waals surface area contributed by atoms with Crippen LogP contribution in [-0.4, -0.2) is 40.9 Å². The highest BCUT2D eigenvalue weighted by molar-refractivity contribution is 5.39. The Morgan fingerprint density at radius 3 is 2.79 bits per heavy atom. The number of hydrogen-bond acceptors (Lipinski definition) is 4. The molecule has 29 heavy (non-hydrogen) atoms. The fraction of sp³-hybridized carbons (Fsp3) is 0.583. The third kappa shape index (κ3) is 4.25. The largest absolute Gasteiger partial charge is 0.493 e. The minimum Gasteiger partial charge on any atom is -0.493 e. The average molecular weight is 394 g/mol. The van der Waals surface area contributed by atoms with Crippen LogP contribution < -0.4 is 10.3 Å². The van der Waals surface area contributed by atoms with E-state index in [1.54, 1.807) is 4.68 Å². The molecule has 0 bridgehead atoms. The van der Waals surface area contributed by atoms with Crippen LogP contribution in [0.4, 0.5) is 0 Å². The fourth-order valence-corrected chi connectivity index (χ4v) is 5.05. The molecular weight excluding hydrogens is 362 g/mol. The normalized spacial score (nSPS) is 19.6. The summed E-state index contributed by atoms with van der Waals surface area (Å²) in [6, 6.07) is 8.51. The molecule has 154 valence electrons. The number of aromatic nitrogens is 2. The second-order valence-electron chi connectivity index (χ2n) is 8.92. The SMILES string of the molecule is O=c1cc2c(nn1CC1CCN(CCc3ccc4c(c3)CCO4)CC1)CCCC2. The summed E-state index contributed by atoms with van der Waals surface area (Å²) in [5, 5.41) is 4.71. The van der Waals surface area contributed by atoms with E-state index in [-0.39, 0.29) is 5.56 Å². The van der Waals surface area contributed by atoms with E-state index in [0.29, 0.717) is 5.92 Å². The lowest BCUT2D eigenvalue weighted by atomic mass is 9.95. The lowest BCUT2D eigenvalue weighted by Crippen LogP contribution is -2.38. The molecule has 0 saturated carbocycles. The minimum atomic E-state index is 0.0914. The third-order valence-electron chi connectivity index (χ3n) is 6.88. The molecule has 0 atom stereocenters. The highest BCUT2D eigenvalue weighted by Crippen LogP contribution is 2.26. The molecule has 3 aliphatic rings. The van der Waals surface area contributed by atoms with E-state index in [9.17, 15) is 4.79 Å². The van der Waals surface area contributed by atoms with Gasteiger partial charge in [-0.25, -0.2) is 4.68 Å². The summed E-state index contributed by atoms with van der Waals surface area (Å²) < 4.78 is 7.35. The lowest BCUT2D eigenvalue weighted by Gasteiger charge is -2.32. The van der Waals surface area contributed by atoms with Gasteiger partial charge in [0.25, 0.3) is 5.56 Å². The Balaban J connectivity index is 1.13. The molecule has 0 unspecified atom stereocenters. The van der Waals surface area contributed by atoms with Crippen molar-refractivity contribution >= 4 is 0 Å². The van der Waals surface area contributed by atoms with Crippen LogP contribution in [0, 0.1) is 5.92 Å². The number of aryl methyl sites for hydroxylation is 2. The van der Waals surface area contributed by atoms with Crippen LogP contribution in [0.25, 0.3) is 0 Å². The molecule has 2 aromatic rings. The van der Waals surface area contributed by atoms with Crippen molar-refractivity contribution in [3.05, 3.63) is 57.0 Å². The summed E-state index contributed by atoms with van der Waals surface area (Å²) in [4.78, 5) is 15.0. The standard InChI is InChI=1S/C24H31N3O2/c28-24-16-20-3-1-2-4-22(20)25-27(24)17-19-8-12-26(13-9-19)11-7-18-5-6-23-21(15-18)10-14-29-23/h5-6,15-16,19H,1-4,7-14,17H2. The maximum atomic E-state index is 12.5. The van der Waals surface area contributed by atoms with Crippen molar-refractivity contribution in [1.29, 1.82) is 0 Å². The quantitative estimate of drug-likeness (QED) is 0.784. The third-order valence-corrected chi connectivity index (χ3v) is 6.88. The molecular formula is C24H31N3O2. The number of nitrogens with zero attached hydrogens (tertiary/aromatic N) is 3. The van der Waals surface area contributed by atoms with Gasteiger partial charge in [0.1, 0.15) is 5.75 Å². The van der Waals surface area contributed by atoms with E-state index < -0.39 is 0 Å². The first-order valence-electron chi connectivity index (χ1n) is 11.3. The molecule has 1 aromatic heterocycles. The summed E-state index contributed by atoms with van der Waals surface area (Å²) in [6.07, 6.45) is 8.90. The van der Waals surface area contributed by atoms with Gasteiger partial charge in [-0.2, -0.15) is 5.10 Å². The second kappa shape index (κ2) is 8.31. The topological polar surface area (TPSA) is 47.4 Å². The maximum absolute atomic E-state index is 12.5. The summed E-state index contributed by atoms with van der Waals surface area (Å²) >= 11 is 0. The van der Waals surface area contributed by atoms with Gasteiger partial charge in [0.2, 0.25) is 0 Å². The number of rotatable bonds is 5. The monoisotopic (exact) mass is 393 g/mol. The van der Waals surface area contributed by atoms with Crippen LogP contribution in [-0.2, 0) is 32.2 Å². The zero-order valence-corrected chi connectivity index (χ0v) is 17.2. The summed E-state index contributed by atoms with van der Waals surface area (Å²) in [5.74, 6) is 1.64. The van der Waals surface area contributed by atoms with Gasteiger partial charge in [0.05, 0.1) is 12.3 Å². The van der Waals surface area contributed by atoms with E-state index in [0.717, 1.165) is 82.8 Å². The molecule has 3 heterocycles. The van der Waals surface area contributed by atoms with Crippen molar-refractivity contribution in [1.82, 2.24) is 14.7 Å². The molecule has 0 radical (unpaired) electrons. The minimum absolute atomic E-state index is 0.0914. The molecule has 0 N–H and O–H groups in total. The first-order valence-corrected chi connectivity index (χ1v) is 11.3. The fourth-order valence-electron chi connectivity index (χ4n) is 5.05. The highest BCUT2D eigenvalue weighted by atomic mass is 16.5. The van der Waals surface area contributed by atoms with E-state index in [1.165, 1.54) is 29.5 Å². The number of fused-ring (bicyclic) bond motifs is 2. The first-order chi connectivity index (χ1) is 14.2. The molecule has 5 nitrogen and oxygen atoms in total. The molecule has 5 rings (SSSR count). The summed E-state index contributed by atoms with van der Waals surface area (Å²) in [6.45, 7) is 4.97. The first kappa shape index (κ1) is 18.9. The summed E-state index contributed by atoms with van der Waals surface area (Å²) in [5.41, 5.74) is 5.22. The van der Waals surface area contributed by atoms with Crippen LogP contribution in [0.15, 0.2) is 29.1 Å². The molecule has 1 saturated heterocycles. The summed E-state index contributed by atoms with van der Waals surface area (Å²) in [7, 11) is 0. The Morgan fingerprint density at radius 2 is 1.90 bits per heavy atom. The van der Waals surface area contributed by atoms with E-state index in [2.05, 4.69) is 23.1 Å². The van der Waals surface area contributed by atoms with Gasteiger partial charge >= 0.3 is 0 Å². The second-order valence-corrected chi connectivity index (χ2v) is 8.92. The number of benzene rings is 1. The molecule has 0 spiro atoms. The lowest BCUT2D eigenvalue weighted by molar-refractivity contribution is 0.171. The number of likely N-dealkylation sites (tertiary alicyclic amines) is 1. The maximum Gasteiger partial charge on any atom is 0.267 e. The van der Waals surface area contributed by atoms with Crippen molar-refractivity contribution in [2.24, 2.45) is 5.92 Å². The van der Waals surface area contributed by atoms with Gasteiger partial charge in [0.15, 0.2) is 0 Å². The predicted octanol–water partition coefficient (Wildman–Crippen LogP) is 3.01. The number of hydrogen-bond donors (Lipinski definition) is 0. The molecule has 5 heteroatoms. The van der Waals surface area contributed by atoms with Crippen molar-refractivity contribution in [2.75, 3.05) is 26.2 Å². The number of piperidine rings is 1. The van der Waals surface area contributed by atoms with Crippen molar-refractivity contribution < 1.29 is 4.74 Å². The van der Waals surface area contributed by atoms with E-state index >= 15 is 0 Å². The van der Waals surface area contributed by atoms with Crippen molar-refractivity contribution in [3.8, 4) is 5.75 Å². The predicted molar refractivity (Wildman–Crippen MR) is 114 cm³/mol. The zero-order valence-electron chi connectivity index (χ0n) is 17.2. The van der Waals surface area contributed by atoms with E-state index in [1.807, 2.05) is 6.07 Å². The molecule has 2 aliphatic heterocycles. The van der Waals surface area contributed by atoms with Crippen LogP contribution in [0.5, 0.6) is 5.75 Å². The Labute approximate surface area is 172 Å². The van der Waals surface area contributed by atoms with Gasteiger partial charge in [0, 0.05) is 25.6 Å². The Kier molecular flexibility index (Phi) is 5.40. The molecule has 0 amide bonds. The van der Waals surface area contributed by atoms with Gasteiger partial charge in [-0.1, -0.05) is 12.1 Å². The molecule has 1 aliphatic carbocycles. The van der Waals surface area contributed by atoms with Crippen LogP contribution in [0.3, 0.4) is 0 Å². The van der Waals surface area contributed by atoms with Crippen LogP contribution >= 0.6 is 0 Å². The Hall–Kier alpha value is -2.14. The molecule has 1 fully saturated rings. The Morgan fingerprint density at radius 1 is 1.03 bits per heavy atom. The van der Waals surface area contributed by atoms with Crippen LogP contribution in [0.2, 0.25) is 0 Å². The smallest absolute Gasteiger partial charge is 0.267 e. The van der Waals surface area contributed by atoms with Gasteiger partial charge in [-0.3, -0.25) is 4.79 Å². The van der Waals surface area contributed by atoms with Crippen molar-refractivity contribution in [2.45, 2.75) is 57.9 Å². The van der Waals surface area contributed by atoms with Crippen molar-refractivity contribution in [3.63, 3.8) is 0 Å². The van der Waals surface area contributed by atoms with E-state index in [4.69, 9.17) is 9.84 Å². The van der Waals surface area contributed by atoms with Gasteiger partial charge in [-0.15, -0.1) is 0 Å². The Bertz CT molecular complexity index is 928. The highest BCUT2D eigenvalue weighted by Gasteiger charge is 2.21. The number of ether oxygens (including phenoxy) is 1. The van der Waals surface area contributed by atoms with Gasteiger partial charge < -0.3 is 9.64 Å². The average Bonchev–Trinajstić information content (AvgIpc) is 3.22. The zero-order chi connectivity index (χ0) is 19.6.